The Morgan fingerprint density at radius 1 is 0.857 bits per heavy atom. The molecule has 0 spiro atoms. The van der Waals surface area contributed by atoms with E-state index in [1.165, 1.54) is 18.2 Å². The summed E-state index contributed by atoms with van der Waals surface area (Å²) in [7, 11) is 0. The highest BCUT2D eigenvalue weighted by atomic mass is 19.1. The SMILES string of the molecule is Fc1cccc(F)c1CCc1cn(-c2ccccc2)nn1. The Kier molecular flexibility index (Phi) is 3.73. The Bertz CT molecular complexity index is 718. The molecule has 0 saturated carbocycles. The van der Waals surface area contributed by atoms with Crippen LogP contribution in [0, 0.1) is 11.6 Å². The summed E-state index contributed by atoms with van der Waals surface area (Å²) in [5.41, 5.74) is 1.68. The predicted molar refractivity (Wildman–Crippen MR) is 75.1 cm³/mol. The Morgan fingerprint density at radius 2 is 1.57 bits per heavy atom. The van der Waals surface area contributed by atoms with Crippen molar-refractivity contribution in [3.8, 4) is 5.69 Å². The van der Waals surface area contributed by atoms with E-state index in [1.54, 1.807) is 10.9 Å². The Labute approximate surface area is 120 Å². The minimum Gasteiger partial charge on any atom is -0.220 e. The zero-order valence-electron chi connectivity index (χ0n) is 11.2. The maximum Gasteiger partial charge on any atom is 0.129 e. The first-order chi connectivity index (χ1) is 10.2. The van der Waals surface area contributed by atoms with Crippen molar-refractivity contribution in [2.75, 3.05) is 0 Å². The van der Waals surface area contributed by atoms with Gasteiger partial charge in [0.05, 0.1) is 17.6 Å². The zero-order chi connectivity index (χ0) is 14.7. The first-order valence-corrected chi connectivity index (χ1v) is 6.63. The number of benzene rings is 2. The fourth-order valence-corrected chi connectivity index (χ4v) is 2.14. The molecular formula is C16H13F2N3. The standard InChI is InChI=1S/C16H13F2N3/c17-15-7-4-8-16(18)14(15)10-9-12-11-21(20-19-12)13-5-2-1-3-6-13/h1-8,11H,9-10H2. The fourth-order valence-electron chi connectivity index (χ4n) is 2.14. The van der Waals surface area contributed by atoms with Crippen LogP contribution in [0.15, 0.2) is 54.7 Å². The fraction of sp³-hybridized carbons (Fsp3) is 0.125. The maximum absolute atomic E-state index is 13.5. The lowest BCUT2D eigenvalue weighted by Gasteiger charge is -2.02. The van der Waals surface area contributed by atoms with E-state index in [0.717, 1.165) is 5.69 Å². The van der Waals surface area contributed by atoms with Gasteiger partial charge in [-0.1, -0.05) is 29.5 Å². The average Bonchev–Trinajstić information content (AvgIpc) is 2.97. The van der Waals surface area contributed by atoms with Gasteiger partial charge in [0.2, 0.25) is 0 Å². The molecule has 0 aliphatic carbocycles. The molecule has 5 heteroatoms. The van der Waals surface area contributed by atoms with Gasteiger partial charge in [-0.3, -0.25) is 0 Å². The smallest absolute Gasteiger partial charge is 0.129 e. The summed E-state index contributed by atoms with van der Waals surface area (Å²) in [6, 6.07) is 13.4. The number of para-hydroxylation sites is 1. The second-order valence-electron chi connectivity index (χ2n) is 4.69. The summed E-state index contributed by atoms with van der Waals surface area (Å²) in [6.45, 7) is 0. The summed E-state index contributed by atoms with van der Waals surface area (Å²) < 4.78 is 28.7. The molecule has 0 aliphatic heterocycles. The van der Waals surface area contributed by atoms with Crippen molar-refractivity contribution in [1.29, 1.82) is 0 Å². The summed E-state index contributed by atoms with van der Waals surface area (Å²) in [5.74, 6) is -1.05. The Balaban J connectivity index is 1.74. The second-order valence-corrected chi connectivity index (χ2v) is 4.69. The molecule has 0 atom stereocenters. The van der Waals surface area contributed by atoms with Crippen LogP contribution in [0.5, 0.6) is 0 Å². The molecule has 2 aromatic carbocycles. The van der Waals surface area contributed by atoms with Crippen molar-refractivity contribution in [2.45, 2.75) is 12.8 Å². The average molecular weight is 285 g/mol. The van der Waals surface area contributed by atoms with Crippen LogP contribution >= 0.6 is 0 Å². The van der Waals surface area contributed by atoms with Crippen molar-refractivity contribution in [1.82, 2.24) is 15.0 Å². The Morgan fingerprint density at radius 3 is 2.29 bits per heavy atom. The minimum atomic E-state index is -0.523. The molecule has 106 valence electrons. The topological polar surface area (TPSA) is 30.7 Å². The normalized spacial score (nSPS) is 10.8. The molecule has 0 saturated heterocycles. The van der Waals surface area contributed by atoms with Crippen LogP contribution in [0.4, 0.5) is 8.78 Å². The van der Waals surface area contributed by atoms with Crippen molar-refractivity contribution >= 4 is 0 Å². The molecule has 3 rings (SSSR count). The first kappa shape index (κ1) is 13.4. The van der Waals surface area contributed by atoms with Crippen molar-refractivity contribution in [3.63, 3.8) is 0 Å². The van der Waals surface area contributed by atoms with Crippen LogP contribution in [0.2, 0.25) is 0 Å². The van der Waals surface area contributed by atoms with Gasteiger partial charge in [0, 0.05) is 5.56 Å². The number of rotatable bonds is 4. The highest BCUT2D eigenvalue weighted by molar-refractivity contribution is 5.30. The van der Waals surface area contributed by atoms with Crippen LogP contribution in [0.25, 0.3) is 5.69 Å². The molecular weight excluding hydrogens is 272 g/mol. The molecule has 21 heavy (non-hydrogen) atoms. The summed E-state index contributed by atoms with van der Waals surface area (Å²) >= 11 is 0. The van der Waals surface area contributed by atoms with Gasteiger partial charge < -0.3 is 0 Å². The number of hydrogen-bond acceptors (Lipinski definition) is 2. The third kappa shape index (κ3) is 2.97. The minimum absolute atomic E-state index is 0.0896. The van der Waals surface area contributed by atoms with Gasteiger partial charge in [-0.25, -0.2) is 13.5 Å². The quantitative estimate of drug-likeness (QED) is 0.736. The summed E-state index contributed by atoms with van der Waals surface area (Å²) in [4.78, 5) is 0. The van der Waals surface area contributed by atoms with Gasteiger partial charge >= 0.3 is 0 Å². The molecule has 1 heterocycles. The van der Waals surface area contributed by atoms with Gasteiger partial charge in [0.1, 0.15) is 11.6 Å². The molecule has 0 bridgehead atoms. The lowest BCUT2D eigenvalue weighted by atomic mass is 10.1. The van der Waals surface area contributed by atoms with Crippen LogP contribution in [0.3, 0.4) is 0 Å². The van der Waals surface area contributed by atoms with Gasteiger partial charge in [-0.15, -0.1) is 5.10 Å². The maximum atomic E-state index is 13.5. The molecule has 0 amide bonds. The molecule has 0 N–H and O–H groups in total. The lowest BCUT2D eigenvalue weighted by molar-refractivity contribution is 0.554. The largest absolute Gasteiger partial charge is 0.220 e. The van der Waals surface area contributed by atoms with Crippen molar-refractivity contribution < 1.29 is 8.78 Å². The van der Waals surface area contributed by atoms with Gasteiger partial charge in [-0.05, 0) is 37.1 Å². The van der Waals surface area contributed by atoms with E-state index in [-0.39, 0.29) is 12.0 Å². The van der Waals surface area contributed by atoms with Crippen molar-refractivity contribution in [2.24, 2.45) is 0 Å². The highest BCUT2D eigenvalue weighted by Crippen LogP contribution is 2.15. The molecule has 0 unspecified atom stereocenters. The number of hydrogen-bond donors (Lipinski definition) is 0. The van der Waals surface area contributed by atoms with Crippen molar-refractivity contribution in [3.05, 3.63) is 77.6 Å². The third-order valence-electron chi connectivity index (χ3n) is 3.25. The molecule has 0 aliphatic rings. The molecule has 0 radical (unpaired) electrons. The molecule has 0 fully saturated rings. The van der Waals surface area contributed by atoms with E-state index in [0.29, 0.717) is 12.1 Å². The summed E-state index contributed by atoms with van der Waals surface area (Å²) in [5, 5.41) is 8.06. The molecule has 3 aromatic rings. The van der Waals surface area contributed by atoms with Crippen LogP contribution in [-0.2, 0) is 12.8 Å². The van der Waals surface area contributed by atoms with E-state index < -0.39 is 11.6 Å². The van der Waals surface area contributed by atoms with Gasteiger partial charge in [-0.2, -0.15) is 0 Å². The van der Waals surface area contributed by atoms with Crippen LogP contribution in [-0.4, -0.2) is 15.0 Å². The summed E-state index contributed by atoms with van der Waals surface area (Å²) in [6.07, 6.45) is 2.46. The van der Waals surface area contributed by atoms with Crippen LogP contribution < -0.4 is 0 Å². The van der Waals surface area contributed by atoms with E-state index in [4.69, 9.17) is 0 Å². The molecule has 3 nitrogen and oxygen atoms in total. The Hall–Kier alpha value is -2.56. The monoisotopic (exact) mass is 285 g/mol. The number of nitrogens with zero attached hydrogens (tertiary/aromatic N) is 3. The second kappa shape index (κ2) is 5.83. The number of aromatic nitrogens is 3. The first-order valence-electron chi connectivity index (χ1n) is 6.63. The number of aryl methyl sites for hydroxylation is 1. The van der Waals surface area contributed by atoms with E-state index >= 15 is 0 Å². The number of halogens is 2. The van der Waals surface area contributed by atoms with E-state index in [1.807, 2.05) is 30.3 Å². The van der Waals surface area contributed by atoms with Gasteiger partial charge in [0.25, 0.3) is 0 Å². The van der Waals surface area contributed by atoms with E-state index in [9.17, 15) is 8.78 Å². The third-order valence-corrected chi connectivity index (χ3v) is 3.25. The van der Waals surface area contributed by atoms with Crippen LogP contribution in [0.1, 0.15) is 11.3 Å². The molecule has 1 aromatic heterocycles. The van der Waals surface area contributed by atoms with E-state index in [2.05, 4.69) is 10.3 Å². The van der Waals surface area contributed by atoms with Gasteiger partial charge in [0.15, 0.2) is 0 Å². The zero-order valence-corrected chi connectivity index (χ0v) is 11.2. The predicted octanol–water partition coefficient (Wildman–Crippen LogP) is 3.33. The lowest BCUT2D eigenvalue weighted by Crippen LogP contribution is -1.98. The highest BCUT2D eigenvalue weighted by Gasteiger charge is 2.10.